The summed E-state index contributed by atoms with van der Waals surface area (Å²) in [5.74, 6) is 0.218. The third-order valence-electron chi connectivity index (χ3n) is 2.33. The van der Waals surface area contributed by atoms with Crippen molar-refractivity contribution in [3.05, 3.63) is 46.6 Å². The van der Waals surface area contributed by atoms with Crippen molar-refractivity contribution in [1.29, 1.82) is 0 Å². The van der Waals surface area contributed by atoms with Gasteiger partial charge in [0.15, 0.2) is 0 Å². The Labute approximate surface area is 129 Å². The van der Waals surface area contributed by atoms with E-state index in [4.69, 9.17) is 4.74 Å². The number of hydrogen-bond acceptors (Lipinski definition) is 5. The molecule has 0 aliphatic rings. The molecule has 1 aromatic heterocycles. The van der Waals surface area contributed by atoms with Gasteiger partial charge < -0.3 is 4.74 Å². The highest BCUT2D eigenvalue weighted by molar-refractivity contribution is 9.10. The number of benzene rings is 1. The monoisotopic (exact) mass is 353 g/mol. The molecule has 104 valence electrons. The SMILES string of the molecule is CSc1nc(NC(=O)OCc2ccccc2)ncc1Br. The second-order valence-corrected chi connectivity index (χ2v) is 5.39. The first-order valence-electron chi connectivity index (χ1n) is 5.73. The summed E-state index contributed by atoms with van der Waals surface area (Å²) in [6.45, 7) is 0.207. The summed E-state index contributed by atoms with van der Waals surface area (Å²) in [6.07, 6.45) is 2.90. The first kappa shape index (κ1) is 14.8. The average Bonchev–Trinajstić information content (AvgIpc) is 2.48. The van der Waals surface area contributed by atoms with Gasteiger partial charge in [0.25, 0.3) is 0 Å². The fourth-order valence-electron chi connectivity index (χ4n) is 1.41. The van der Waals surface area contributed by atoms with E-state index >= 15 is 0 Å². The molecule has 2 aromatic rings. The number of rotatable bonds is 4. The molecule has 0 aliphatic carbocycles. The third kappa shape index (κ3) is 4.21. The fraction of sp³-hybridized carbons (Fsp3) is 0.154. The minimum absolute atomic E-state index is 0.207. The maximum Gasteiger partial charge on any atom is 0.414 e. The van der Waals surface area contributed by atoms with Gasteiger partial charge in [-0.15, -0.1) is 11.8 Å². The van der Waals surface area contributed by atoms with Gasteiger partial charge in [-0.1, -0.05) is 30.3 Å². The number of carbonyl (C=O) groups is 1. The number of aromatic nitrogens is 2. The highest BCUT2D eigenvalue weighted by Gasteiger charge is 2.08. The number of ether oxygens (including phenoxy) is 1. The van der Waals surface area contributed by atoms with Crippen LogP contribution in [0, 0.1) is 0 Å². The topological polar surface area (TPSA) is 64.1 Å². The Morgan fingerprint density at radius 3 is 2.85 bits per heavy atom. The molecule has 5 nitrogen and oxygen atoms in total. The Bertz CT molecular complexity index is 595. The second kappa shape index (κ2) is 7.25. The molecule has 7 heteroatoms. The smallest absolute Gasteiger partial charge is 0.414 e. The summed E-state index contributed by atoms with van der Waals surface area (Å²) in [4.78, 5) is 19.8. The maximum atomic E-state index is 11.6. The molecule has 0 atom stereocenters. The largest absolute Gasteiger partial charge is 0.444 e. The van der Waals surface area contributed by atoms with Crippen LogP contribution in [0.2, 0.25) is 0 Å². The number of anilines is 1. The summed E-state index contributed by atoms with van der Waals surface area (Å²) in [6, 6.07) is 9.45. The molecule has 0 fully saturated rings. The minimum Gasteiger partial charge on any atom is -0.444 e. The molecule has 0 unspecified atom stereocenters. The molecule has 0 radical (unpaired) electrons. The number of hydrogen-bond donors (Lipinski definition) is 1. The van der Waals surface area contributed by atoms with E-state index in [0.29, 0.717) is 0 Å². The Kier molecular flexibility index (Phi) is 5.37. The van der Waals surface area contributed by atoms with E-state index in [1.165, 1.54) is 11.8 Å². The molecular weight excluding hydrogens is 342 g/mol. The van der Waals surface area contributed by atoms with Crippen LogP contribution < -0.4 is 5.32 Å². The highest BCUT2D eigenvalue weighted by Crippen LogP contribution is 2.23. The first-order chi connectivity index (χ1) is 9.69. The van der Waals surface area contributed by atoms with E-state index < -0.39 is 6.09 Å². The van der Waals surface area contributed by atoms with E-state index in [-0.39, 0.29) is 12.6 Å². The van der Waals surface area contributed by atoms with Crippen LogP contribution in [0.15, 0.2) is 46.0 Å². The zero-order chi connectivity index (χ0) is 14.4. The molecule has 2 rings (SSSR count). The Balaban J connectivity index is 1.91. The quantitative estimate of drug-likeness (QED) is 0.670. The van der Waals surface area contributed by atoms with Crippen LogP contribution in [0.3, 0.4) is 0 Å². The predicted molar refractivity (Wildman–Crippen MR) is 81.8 cm³/mol. The fourth-order valence-corrected chi connectivity index (χ4v) is 2.51. The molecule has 0 aliphatic heterocycles. The lowest BCUT2D eigenvalue weighted by molar-refractivity contribution is 0.155. The summed E-state index contributed by atoms with van der Waals surface area (Å²) < 4.78 is 5.87. The van der Waals surface area contributed by atoms with Gasteiger partial charge in [-0.05, 0) is 27.7 Å². The molecule has 0 saturated heterocycles. The molecule has 1 amide bonds. The van der Waals surface area contributed by atoms with E-state index in [9.17, 15) is 4.79 Å². The van der Waals surface area contributed by atoms with Crippen molar-refractivity contribution in [3.8, 4) is 0 Å². The lowest BCUT2D eigenvalue weighted by atomic mass is 10.2. The van der Waals surface area contributed by atoms with Crippen molar-refractivity contribution in [2.24, 2.45) is 0 Å². The Hall–Kier alpha value is -1.60. The summed E-state index contributed by atoms with van der Waals surface area (Å²) in [5.41, 5.74) is 0.921. The van der Waals surface area contributed by atoms with Crippen molar-refractivity contribution in [2.45, 2.75) is 11.6 Å². The van der Waals surface area contributed by atoms with Gasteiger partial charge in [-0.3, -0.25) is 5.32 Å². The zero-order valence-electron chi connectivity index (χ0n) is 10.7. The highest BCUT2D eigenvalue weighted by atomic mass is 79.9. The van der Waals surface area contributed by atoms with Gasteiger partial charge in [0.05, 0.1) is 4.47 Å². The first-order valence-corrected chi connectivity index (χ1v) is 7.75. The van der Waals surface area contributed by atoms with E-state index in [1.54, 1.807) is 6.20 Å². The summed E-state index contributed by atoms with van der Waals surface area (Å²) in [7, 11) is 0. The lowest BCUT2D eigenvalue weighted by Gasteiger charge is -2.07. The number of thioether (sulfide) groups is 1. The van der Waals surface area contributed by atoms with Crippen LogP contribution in [-0.2, 0) is 11.3 Å². The molecule has 20 heavy (non-hydrogen) atoms. The molecule has 0 saturated carbocycles. The normalized spacial score (nSPS) is 10.1. The van der Waals surface area contributed by atoms with Crippen LogP contribution in [0.25, 0.3) is 0 Å². The molecule has 0 bridgehead atoms. The molecule has 1 N–H and O–H groups in total. The molecule has 1 aromatic carbocycles. The number of halogens is 1. The predicted octanol–water partition coefficient (Wildman–Crippen LogP) is 3.71. The number of carbonyl (C=O) groups excluding carboxylic acids is 1. The van der Waals surface area contributed by atoms with E-state index in [1.807, 2.05) is 36.6 Å². The second-order valence-electron chi connectivity index (χ2n) is 3.74. The number of nitrogens with one attached hydrogen (secondary N) is 1. The van der Waals surface area contributed by atoms with E-state index in [2.05, 4.69) is 31.2 Å². The molecule has 1 heterocycles. The minimum atomic E-state index is -0.580. The van der Waals surface area contributed by atoms with Crippen molar-refractivity contribution in [2.75, 3.05) is 11.6 Å². The molecule has 0 spiro atoms. The van der Waals surface area contributed by atoms with Gasteiger partial charge in [0.2, 0.25) is 5.95 Å². The zero-order valence-corrected chi connectivity index (χ0v) is 13.1. The molecular formula is C13H12BrN3O2S. The van der Waals surface area contributed by atoms with Crippen LogP contribution in [0.5, 0.6) is 0 Å². The average molecular weight is 354 g/mol. The standard InChI is InChI=1S/C13H12BrN3O2S/c1-20-11-10(14)7-15-12(16-11)17-13(18)19-8-9-5-3-2-4-6-9/h2-7H,8H2,1H3,(H,15,16,17,18). The third-order valence-corrected chi connectivity index (χ3v) is 3.87. The van der Waals surface area contributed by atoms with Crippen LogP contribution in [-0.4, -0.2) is 22.3 Å². The van der Waals surface area contributed by atoms with Crippen LogP contribution in [0.4, 0.5) is 10.7 Å². The van der Waals surface area contributed by atoms with Gasteiger partial charge >= 0.3 is 6.09 Å². The van der Waals surface area contributed by atoms with Crippen molar-refractivity contribution in [1.82, 2.24) is 9.97 Å². The summed E-state index contributed by atoms with van der Waals surface area (Å²) in [5, 5.41) is 3.25. The van der Waals surface area contributed by atoms with Gasteiger partial charge in [-0.25, -0.2) is 14.8 Å². The number of nitrogens with zero attached hydrogens (tertiary/aromatic N) is 2. The van der Waals surface area contributed by atoms with Crippen molar-refractivity contribution < 1.29 is 9.53 Å². The van der Waals surface area contributed by atoms with Gasteiger partial charge in [0.1, 0.15) is 11.6 Å². The van der Waals surface area contributed by atoms with Gasteiger partial charge in [0, 0.05) is 6.20 Å². The number of amides is 1. The maximum absolute atomic E-state index is 11.6. The Morgan fingerprint density at radius 1 is 1.40 bits per heavy atom. The van der Waals surface area contributed by atoms with Crippen LogP contribution >= 0.6 is 27.7 Å². The summed E-state index contributed by atoms with van der Waals surface area (Å²) >= 11 is 4.79. The lowest BCUT2D eigenvalue weighted by Crippen LogP contribution is -2.15. The van der Waals surface area contributed by atoms with Gasteiger partial charge in [-0.2, -0.15) is 0 Å². The van der Waals surface area contributed by atoms with Crippen LogP contribution in [0.1, 0.15) is 5.56 Å². The van der Waals surface area contributed by atoms with Crippen molar-refractivity contribution >= 4 is 39.7 Å². The van der Waals surface area contributed by atoms with Crippen molar-refractivity contribution in [3.63, 3.8) is 0 Å². The Morgan fingerprint density at radius 2 is 2.15 bits per heavy atom. The van der Waals surface area contributed by atoms with E-state index in [0.717, 1.165) is 15.1 Å².